The summed E-state index contributed by atoms with van der Waals surface area (Å²) in [4.78, 5) is 33.7. The molecule has 1 aliphatic rings. The number of aliphatic hydroxyl groups is 1. The topological polar surface area (TPSA) is 119 Å². The van der Waals surface area contributed by atoms with Gasteiger partial charge < -0.3 is 19.0 Å². The lowest BCUT2D eigenvalue weighted by Crippen LogP contribution is -2.29. The van der Waals surface area contributed by atoms with E-state index in [-0.39, 0.29) is 22.2 Å². The Morgan fingerprint density at radius 1 is 1.08 bits per heavy atom. The first-order chi connectivity index (χ1) is 23.1. The third kappa shape index (κ3) is 6.39. The number of methoxy groups -OCH3 is 1. The molecule has 1 N–H and O–H groups in total. The lowest BCUT2D eigenvalue weighted by atomic mass is 9.96. The number of aryl methyl sites for hydroxylation is 2. The number of aromatic nitrogens is 4. The van der Waals surface area contributed by atoms with Gasteiger partial charge in [-0.25, -0.2) is 4.98 Å². The number of pyridine rings is 1. The summed E-state index contributed by atoms with van der Waals surface area (Å²) in [5, 5.41) is 21.4. The van der Waals surface area contributed by atoms with Crippen molar-refractivity contribution < 1.29 is 24.2 Å². The first kappa shape index (κ1) is 33.5. The molecule has 0 bridgehead atoms. The quantitative estimate of drug-likeness (QED) is 0.0483. The smallest absolute Gasteiger partial charge is 0.301 e. The zero-order valence-electron chi connectivity index (χ0n) is 27.1. The summed E-state index contributed by atoms with van der Waals surface area (Å²) < 4.78 is 14.1. The van der Waals surface area contributed by atoms with Crippen LogP contribution in [0.1, 0.15) is 54.4 Å². The number of rotatable bonds is 11. The van der Waals surface area contributed by atoms with Crippen LogP contribution in [0.15, 0.2) is 70.7 Å². The van der Waals surface area contributed by atoms with E-state index in [0.29, 0.717) is 56.0 Å². The number of imidazole rings is 1. The monoisotopic (exact) mass is 703 g/mol. The fourth-order valence-corrected chi connectivity index (χ4v) is 7.66. The van der Waals surface area contributed by atoms with Crippen molar-refractivity contribution in [2.75, 3.05) is 18.6 Å². The Morgan fingerprint density at radius 2 is 1.88 bits per heavy atom. The fourth-order valence-electron chi connectivity index (χ4n) is 5.51. The van der Waals surface area contributed by atoms with Crippen LogP contribution in [0.2, 0.25) is 5.02 Å². The molecule has 13 heteroatoms. The van der Waals surface area contributed by atoms with E-state index in [0.717, 1.165) is 17.5 Å². The number of ether oxygens (including phenoxy) is 2. The van der Waals surface area contributed by atoms with Gasteiger partial charge in [-0.05, 0) is 67.1 Å². The van der Waals surface area contributed by atoms with Crippen LogP contribution >= 0.6 is 34.7 Å². The summed E-state index contributed by atoms with van der Waals surface area (Å²) in [7, 11) is 1.53. The van der Waals surface area contributed by atoms with Crippen LogP contribution in [0.5, 0.6) is 11.5 Å². The molecule has 5 aromatic rings. The van der Waals surface area contributed by atoms with Crippen LogP contribution in [-0.2, 0) is 15.3 Å². The Balaban J connectivity index is 1.44. The lowest BCUT2D eigenvalue weighted by Gasteiger charge is -2.23. The van der Waals surface area contributed by atoms with E-state index in [4.69, 9.17) is 26.1 Å². The molecule has 248 valence electrons. The molecule has 0 aliphatic carbocycles. The average Bonchev–Trinajstić information content (AvgIpc) is 3.75. The van der Waals surface area contributed by atoms with E-state index in [2.05, 4.69) is 24.0 Å². The fraction of sp³-hybridized carbons (Fsp3) is 0.286. The van der Waals surface area contributed by atoms with Gasteiger partial charge in [0.15, 0.2) is 21.6 Å². The normalized spacial score (nSPS) is 16.0. The number of hydrogen-bond acceptors (Lipinski definition) is 10. The number of aliphatic hydroxyl groups excluding tert-OH is 1. The van der Waals surface area contributed by atoms with Crippen molar-refractivity contribution in [1.29, 1.82) is 0 Å². The largest absolute Gasteiger partial charge is 0.505 e. The number of hydrogen-bond donors (Lipinski definition) is 1. The highest BCUT2D eigenvalue weighted by Crippen LogP contribution is 2.46. The van der Waals surface area contributed by atoms with Gasteiger partial charge in [0.1, 0.15) is 11.3 Å². The Bertz CT molecular complexity index is 2060. The van der Waals surface area contributed by atoms with Crippen LogP contribution in [-0.4, -0.2) is 50.1 Å². The number of amides is 1. The molecule has 0 radical (unpaired) electrons. The van der Waals surface area contributed by atoms with Crippen molar-refractivity contribution in [2.45, 2.75) is 50.3 Å². The second kappa shape index (κ2) is 14.0. The van der Waals surface area contributed by atoms with E-state index < -0.39 is 17.7 Å². The first-order valence-electron chi connectivity index (χ1n) is 15.3. The molecule has 0 saturated carbocycles. The molecule has 48 heavy (non-hydrogen) atoms. The van der Waals surface area contributed by atoms with E-state index in [1.807, 2.05) is 53.9 Å². The third-order valence-corrected chi connectivity index (χ3v) is 10.6. The number of ketones is 1. The summed E-state index contributed by atoms with van der Waals surface area (Å²) in [6.45, 7) is 8.45. The Hall–Kier alpha value is -4.39. The number of anilines is 1. The summed E-state index contributed by atoms with van der Waals surface area (Å²) in [6, 6.07) is 15.5. The molecule has 1 saturated heterocycles. The third-order valence-electron chi connectivity index (χ3n) is 8.12. The SMILES string of the molecule is COc1cc(C2/C(=C(\O)c3nc4c(C)cccn4c3C)C(=O)C(=O)N2c2nnc(SCc3ccccc3Cl)s2)ccc1OCCC(C)C. The van der Waals surface area contributed by atoms with Gasteiger partial charge in [0.2, 0.25) is 5.13 Å². The number of carbonyl (C=O) groups excluding carboxylic acids is 2. The van der Waals surface area contributed by atoms with Gasteiger partial charge in [-0.3, -0.25) is 14.5 Å². The van der Waals surface area contributed by atoms with Crippen molar-refractivity contribution in [1.82, 2.24) is 19.6 Å². The predicted molar refractivity (Wildman–Crippen MR) is 188 cm³/mol. The predicted octanol–water partition coefficient (Wildman–Crippen LogP) is 7.81. The van der Waals surface area contributed by atoms with Crippen LogP contribution in [0.4, 0.5) is 5.13 Å². The molecular weight excluding hydrogens is 670 g/mol. The average molecular weight is 704 g/mol. The van der Waals surface area contributed by atoms with E-state index in [9.17, 15) is 14.7 Å². The Kier molecular flexibility index (Phi) is 9.77. The van der Waals surface area contributed by atoms with Gasteiger partial charge in [0, 0.05) is 17.0 Å². The van der Waals surface area contributed by atoms with Gasteiger partial charge in [-0.1, -0.05) is 78.9 Å². The highest BCUT2D eigenvalue weighted by molar-refractivity contribution is 8.00. The number of thioether (sulfide) groups is 1. The van der Waals surface area contributed by atoms with Gasteiger partial charge in [-0.2, -0.15) is 0 Å². The maximum atomic E-state index is 13.9. The molecule has 1 amide bonds. The second-order valence-corrected chi connectivity index (χ2v) is 14.4. The van der Waals surface area contributed by atoms with Crippen molar-refractivity contribution in [3.63, 3.8) is 0 Å². The van der Waals surface area contributed by atoms with Gasteiger partial charge in [0.25, 0.3) is 5.78 Å². The van der Waals surface area contributed by atoms with Crippen LogP contribution in [0.25, 0.3) is 11.4 Å². The van der Waals surface area contributed by atoms with E-state index in [1.54, 1.807) is 25.1 Å². The molecular formula is C35H34ClN5O5S2. The Morgan fingerprint density at radius 3 is 2.60 bits per heavy atom. The van der Waals surface area contributed by atoms with Crippen LogP contribution < -0.4 is 14.4 Å². The zero-order valence-corrected chi connectivity index (χ0v) is 29.4. The summed E-state index contributed by atoms with van der Waals surface area (Å²) >= 11 is 8.95. The number of fused-ring (bicyclic) bond motifs is 1. The van der Waals surface area contributed by atoms with Gasteiger partial charge in [0.05, 0.1) is 31.0 Å². The maximum absolute atomic E-state index is 13.9. The van der Waals surface area contributed by atoms with Gasteiger partial charge in [-0.15, -0.1) is 10.2 Å². The molecule has 10 nitrogen and oxygen atoms in total. The zero-order chi connectivity index (χ0) is 34.1. The van der Waals surface area contributed by atoms with E-state index >= 15 is 0 Å². The summed E-state index contributed by atoms with van der Waals surface area (Å²) in [6.07, 6.45) is 2.69. The number of Topliss-reactive ketones (excluding diaryl/α,β-unsaturated/α-hetero) is 1. The standard InChI is InChI=1S/C35H34ClN5O5S2/c1-19(2)14-16-46-25-13-12-22(17-26(25)45-5)29-27(30(42)28-21(4)40-15-8-9-20(3)32(40)37-28)31(43)33(44)41(29)34-38-39-35(48-34)47-18-23-10-6-7-11-24(23)36/h6-13,15,17,19,29,42H,14,16,18H2,1-5H3/b30-27+. The van der Waals surface area contributed by atoms with Crippen LogP contribution in [0, 0.1) is 19.8 Å². The highest BCUT2D eigenvalue weighted by Gasteiger charge is 2.49. The van der Waals surface area contributed by atoms with Crippen molar-refractivity contribution in [3.05, 3.63) is 99.5 Å². The molecule has 3 aromatic heterocycles. The first-order valence-corrected chi connectivity index (χ1v) is 17.5. The van der Waals surface area contributed by atoms with E-state index in [1.165, 1.54) is 35.1 Å². The molecule has 1 fully saturated rings. The molecule has 1 unspecified atom stereocenters. The lowest BCUT2D eigenvalue weighted by molar-refractivity contribution is -0.132. The van der Waals surface area contributed by atoms with Gasteiger partial charge >= 0.3 is 5.91 Å². The van der Waals surface area contributed by atoms with Crippen molar-refractivity contribution in [2.24, 2.45) is 5.92 Å². The molecule has 0 spiro atoms. The summed E-state index contributed by atoms with van der Waals surface area (Å²) in [5.74, 6) is -0.124. The molecule has 4 heterocycles. The van der Waals surface area contributed by atoms with Crippen molar-refractivity contribution in [3.8, 4) is 11.5 Å². The number of benzene rings is 2. The number of nitrogens with zero attached hydrogens (tertiary/aromatic N) is 5. The number of carbonyl (C=O) groups is 2. The molecule has 1 aliphatic heterocycles. The molecule has 6 rings (SSSR count). The number of halogens is 1. The minimum atomic E-state index is -1.05. The van der Waals surface area contributed by atoms with Crippen molar-refractivity contribution >= 4 is 62.9 Å². The maximum Gasteiger partial charge on any atom is 0.301 e. The minimum Gasteiger partial charge on any atom is -0.505 e. The minimum absolute atomic E-state index is 0.111. The molecule has 2 aromatic carbocycles. The Labute approximate surface area is 291 Å². The second-order valence-electron chi connectivity index (χ2n) is 11.8. The summed E-state index contributed by atoms with van der Waals surface area (Å²) in [5.41, 5.74) is 3.70. The highest BCUT2D eigenvalue weighted by atomic mass is 35.5. The molecule has 1 atom stereocenters. The van der Waals surface area contributed by atoms with Crippen LogP contribution in [0.3, 0.4) is 0 Å².